The van der Waals surface area contributed by atoms with E-state index in [1.807, 2.05) is 0 Å². The Morgan fingerprint density at radius 3 is 2.50 bits per heavy atom. The Kier molecular flexibility index (Phi) is 3.81. The number of hydrogen-bond donors (Lipinski definition) is 0. The third kappa shape index (κ3) is 1.78. The molecular weight excluding hydrogens is 318 g/mol. The fourth-order valence-corrected chi connectivity index (χ4v) is 4.30. The van der Waals surface area contributed by atoms with Crippen LogP contribution in [0, 0.1) is 0 Å². The molecule has 2 unspecified atom stereocenters. The molecule has 2 rings (SSSR count). The quantitative estimate of drug-likeness (QED) is 0.575. The first-order chi connectivity index (χ1) is 7.61. The van der Waals surface area contributed by atoms with Crippen LogP contribution in [0.1, 0.15) is 49.5 Å². The summed E-state index contributed by atoms with van der Waals surface area (Å²) in [7, 11) is 3.00. The second kappa shape index (κ2) is 4.82. The van der Waals surface area contributed by atoms with Crippen molar-refractivity contribution < 1.29 is 0 Å². The molecule has 83 valence electrons. The molecule has 16 heavy (non-hydrogen) atoms. The Morgan fingerprint density at radius 2 is 1.94 bits per heavy atom. The summed E-state index contributed by atoms with van der Waals surface area (Å²) in [6, 6.07) is 4.65. The molecule has 0 aromatic heterocycles. The van der Waals surface area contributed by atoms with Gasteiger partial charge in [0.1, 0.15) is 0 Å². The zero-order valence-electron chi connectivity index (χ0n) is 10.2. The molecule has 0 heterocycles. The average Bonchev–Trinajstić information content (AvgIpc) is 2.52. The Bertz CT molecular complexity index is 460. The second-order valence-corrected chi connectivity index (χ2v) is 6.61. The summed E-state index contributed by atoms with van der Waals surface area (Å²) >= 11 is 1.54. The normalized spacial score (nSPS) is 19.2. The maximum absolute atomic E-state index is 3.00. The Hall–Kier alpha value is 0.189. The Labute approximate surface area is 114 Å². The monoisotopic (exact) mass is 337 g/mol. The Morgan fingerprint density at radius 1 is 1.25 bits per heavy atom. The van der Waals surface area contributed by atoms with Crippen LogP contribution in [0.4, 0.5) is 0 Å². The van der Waals surface area contributed by atoms with Crippen LogP contribution < -0.4 is 3.58 Å². The van der Waals surface area contributed by atoms with Crippen molar-refractivity contribution >= 4 is 40.9 Å². The van der Waals surface area contributed by atoms with Crippen molar-refractivity contribution in [3.63, 3.8) is 0 Å². The van der Waals surface area contributed by atoms with E-state index in [1.165, 1.54) is 9.14 Å². The summed E-state index contributed by atoms with van der Waals surface area (Å²) in [5.74, 6) is 0. The Balaban J connectivity index is 2.72. The van der Waals surface area contributed by atoms with Gasteiger partial charge in [0.25, 0.3) is 0 Å². The SMILES string of the molecule is CCC1=C(C)C(P)c2cc[c]([Sn])c(CC)c21. The van der Waals surface area contributed by atoms with Crippen LogP contribution in [-0.4, -0.2) is 22.5 Å². The van der Waals surface area contributed by atoms with E-state index in [1.54, 1.807) is 44.8 Å². The molecular formula is C14H18PSn. The van der Waals surface area contributed by atoms with Gasteiger partial charge < -0.3 is 0 Å². The molecule has 2 atom stereocenters. The number of allylic oxidation sites excluding steroid dienone is 2. The van der Waals surface area contributed by atoms with Gasteiger partial charge in [-0.25, -0.2) is 0 Å². The van der Waals surface area contributed by atoms with Gasteiger partial charge in [0.2, 0.25) is 0 Å². The third-order valence-electron chi connectivity index (χ3n) is 3.63. The summed E-state index contributed by atoms with van der Waals surface area (Å²) < 4.78 is 1.53. The molecule has 2 heteroatoms. The summed E-state index contributed by atoms with van der Waals surface area (Å²) in [6.07, 6.45) is 2.33. The van der Waals surface area contributed by atoms with E-state index in [0.29, 0.717) is 5.66 Å². The van der Waals surface area contributed by atoms with Gasteiger partial charge in [-0.05, 0) is 0 Å². The summed E-state index contributed by atoms with van der Waals surface area (Å²) in [5.41, 5.74) is 8.40. The predicted molar refractivity (Wildman–Crippen MR) is 76.5 cm³/mol. The third-order valence-corrected chi connectivity index (χ3v) is 5.83. The van der Waals surface area contributed by atoms with Crippen molar-refractivity contribution in [2.24, 2.45) is 0 Å². The molecule has 0 N–H and O–H groups in total. The van der Waals surface area contributed by atoms with Crippen molar-refractivity contribution in [2.45, 2.75) is 39.3 Å². The average molecular weight is 336 g/mol. The first-order valence-electron chi connectivity index (χ1n) is 5.94. The fraction of sp³-hybridized carbons (Fsp3) is 0.429. The summed E-state index contributed by atoms with van der Waals surface area (Å²) in [6.45, 7) is 6.85. The van der Waals surface area contributed by atoms with Crippen molar-refractivity contribution in [2.75, 3.05) is 0 Å². The van der Waals surface area contributed by atoms with Gasteiger partial charge in [-0.2, -0.15) is 0 Å². The van der Waals surface area contributed by atoms with E-state index in [9.17, 15) is 0 Å². The van der Waals surface area contributed by atoms with Crippen LogP contribution in [0.3, 0.4) is 0 Å². The molecule has 0 fully saturated rings. The molecule has 1 aromatic carbocycles. The van der Waals surface area contributed by atoms with E-state index in [-0.39, 0.29) is 0 Å². The topological polar surface area (TPSA) is 0 Å². The van der Waals surface area contributed by atoms with E-state index in [0.717, 1.165) is 12.8 Å². The fourth-order valence-electron chi connectivity index (χ4n) is 2.72. The molecule has 0 amide bonds. The van der Waals surface area contributed by atoms with Gasteiger partial charge in [0.05, 0.1) is 0 Å². The summed E-state index contributed by atoms with van der Waals surface area (Å²) in [5, 5.41) is 0. The van der Waals surface area contributed by atoms with Gasteiger partial charge in [-0.15, -0.1) is 0 Å². The zero-order chi connectivity index (χ0) is 11.9. The molecule has 0 saturated heterocycles. The van der Waals surface area contributed by atoms with Gasteiger partial charge in [0, 0.05) is 0 Å². The zero-order valence-corrected chi connectivity index (χ0v) is 14.2. The molecule has 0 nitrogen and oxygen atoms in total. The van der Waals surface area contributed by atoms with Crippen molar-refractivity contribution in [3.05, 3.63) is 34.4 Å². The first-order valence-corrected chi connectivity index (χ1v) is 8.04. The standard InChI is InChI=1S/C14H18P.Sn/c1-4-10-7-6-8-12-13(10)11(5-2)9(3)14(12)15;/h6,8,14H,4-5,15H2,1-3H3;. The number of benzene rings is 1. The molecule has 3 radical (unpaired) electrons. The predicted octanol–water partition coefficient (Wildman–Crippen LogP) is 3.16. The van der Waals surface area contributed by atoms with E-state index in [4.69, 9.17) is 0 Å². The van der Waals surface area contributed by atoms with Gasteiger partial charge >= 0.3 is 115 Å². The molecule has 1 aliphatic carbocycles. The van der Waals surface area contributed by atoms with Gasteiger partial charge in [-0.1, -0.05) is 0 Å². The minimum atomic E-state index is 0.548. The van der Waals surface area contributed by atoms with E-state index >= 15 is 0 Å². The number of fused-ring (bicyclic) bond motifs is 1. The molecule has 0 spiro atoms. The molecule has 1 aliphatic rings. The minimum absolute atomic E-state index is 0.548. The molecule has 0 aliphatic heterocycles. The van der Waals surface area contributed by atoms with Gasteiger partial charge in [0.15, 0.2) is 0 Å². The molecule has 0 bridgehead atoms. The first kappa shape index (κ1) is 12.6. The van der Waals surface area contributed by atoms with Crippen molar-refractivity contribution in [1.29, 1.82) is 0 Å². The van der Waals surface area contributed by atoms with Crippen LogP contribution in [0.15, 0.2) is 17.7 Å². The summed E-state index contributed by atoms with van der Waals surface area (Å²) in [4.78, 5) is 0. The van der Waals surface area contributed by atoms with Crippen molar-refractivity contribution in [1.82, 2.24) is 0 Å². The maximum atomic E-state index is 3.00. The molecule has 1 aromatic rings. The van der Waals surface area contributed by atoms with Crippen LogP contribution in [0.25, 0.3) is 5.57 Å². The van der Waals surface area contributed by atoms with Crippen molar-refractivity contribution in [3.8, 4) is 0 Å². The van der Waals surface area contributed by atoms with Crippen LogP contribution in [-0.2, 0) is 6.42 Å². The molecule has 0 saturated carbocycles. The van der Waals surface area contributed by atoms with Crippen LogP contribution in [0.5, 0.6) is 0 Å². The van der Waals surface area contributed by atoms with Crippen LogP contribution in [0.2, 0.25) is 0 Å². The van der Waals surface area contributed by atoms with E-state index < -0.39 is 0 Å². The van der Waals surface area contributed by atoms with E-state index in [2.05, 4.69) is 42.1 Å². The van der Waals surface area contributed by atoms with Gasteiger partial charge in [-0.3, -0.25) is 0 Å². The number of rotatable bonds is 2. The van der Waals surface area contributed by atoms with Crippen LogP contribution >= 0.6 is 9.24 Å². The number of hydrogen-bond acceptors (Lipinski definition) is 0. The second-order valence-electron chi connectivity index (χ2n) is 4.40.